The molecule has 0 radical (unpaired) electrons. The van der Waals surface area contributed by atoms with Crippen LogP contribution in [-0.4, -0.2) is 38.6 Å². The molecule has 0 aliphatic heterocycles. The molecule has 0 atom stereocenters. The van der Waals surface area contributed by atoms with Gasteiger partial charge in [0.05, 0.1) is 24.1 Å². The SMILES string of the molecule is CCOC(=O)c1c(C)[nH]c(/C=N/n2c(C)n[nH]c2=S)c1C. The molecule has 0 unspecified atom stereocenters. The summed E-state index contributed by atoms with van der Waals surface area (Å²) in [5, 5.41) is 10.9. The Morgan fingerprint density at radius 1 is 1.48 bits per heavy atom. The molecule has 2 aromatic heterocycles. The van der Waals surface area contributed by atoms with E-state index >= 15 is 0 Å². The number of rotatable bonds is 4. The van der Waals surface area contributed by atoms with Crippen molar-refractivity contribution in [3.63, 3.8) is 0 Å². The summed E-state index contributed by atoms with van der Waals surface area (Å²) in [5.74, 6) is 0.322. The van der Waals surface area contributed by atoms with E-state index in [9.17, 15) is 4.79 Å². The summed E-state index contributed by atoms with van der Waals surface area (Å²) in [7, 11) is 0. The highest BCUT2D eigenvalue weighted by atomic mass is 32.1. The summed E-state index contributed by atoms with van der Waals surface area (Å²) < 4.78 is 6.97. The van der Waals surface area contributed by atoms with E-state index < -0.39 is 0 Å². The second-order valence-electron chi connectivity index (χ2n) is 4.52. The summed E-state index contributed by atoms with van der Waals surface area (Å²) in [6.07, 6.45) is 1.61. The van der Waals surface area contributed by atoms with Gasteiger partial charge >= 0.3 is 5.97 Å². The van der Waals surface area contributed by atoms with Gasteiger partial charge in [-0.25, -0.2) is 4.79 Å². The average molecular weight is 307 g/mol. The van der Waals surface area contributed by atoms with Crippen molar-refractivity contribution in [3.05, 3.63) is 33.1 Å². The number of esters is 1. The molecule has 0 aliphatic rings. The van der Waals surface area contributed by atoms with Gasteiger partial charge in [0, 0.05) is 5.69 Å². The highest BCUT2D eigenvalue weighted by Crippen LogP contribution is 2.17. The van der Waals surface area contributed by atoms with E-state index in [0.29, 0.717) is 22.8 Å². The van der Waals surface area contributed by atoms with Gasteiger partial charge in [0.15, 0.2) is 0 Å². The van der Waals surface area contributed by atoms with E-state index in [1.807, 2.05) is 13.8 Å². The van der Waals surface area contributed by atoms with Crippen LogP contribution in [0.4, 0.5) is 0 Å². The molecular weight excluding hydrogens is 290 g/mol. The van der Waals surface area contributed by atoms with Crippen molar-refractivity contribution in [2.24, 2.45) is 5.10 Å². The quantitative estimate of drug-likeness (QED) is 0.515. The zero-order chi connectivity index (χ0) is 15.6. The lowest BCUT2D eigenvalue weighted by atomic mass is 10.1. The summed E-state index contributed by atoms with van der Waals surface area (Å²) >= 11 is 5.07. The zero-order valence-electron chi connectivity index (χ0n) is 12.4. The summed E-state index contributed by atoms with van der Waals surface area (Å²) in [4.78, 5) is 15.0. The molecule has 0 amide bonds. The highest BCUT2D eigenvalue weighted by Gasteiger charge is 2.18. The fourth-order valence-electron chi connectivity index (χ4n) is 2.03. The Balaban J connectivity index is 2.36. The molecule has 0 spiro atoms. The minimum Gasteiger partial charge on any atom is -0.462 e. The van der Waals surface area contributed by atoms with Crippen LogP contribution in [0.1, 0.15) is 40.1 Å². The Bertz CT molecular complexity index is 753. The number of aryl methyl sites for hydroxylation is 2. The lowest BCUT2D eigenvalue weighted by Gasteiger charge is -2.01. The van der Waals surface area contributed by atoms with E-state index in [-0.39, 0.29) is 5.97 Å². The maximum absolute atomic E-state index is 11.9. The van der Waals surface area contributed by atoms with Gasteiger partial charge in [-0.05, 0) is 45.5 Å². The second kappa shape index (κ2) is 6.04. The second-order valence-corrected chi connectivity index (χ2v) is 4.90. The van der Waals surface area contributed by atoms with Crippen LogP contribution in [0.3, 0.4) is 0 Å². The Hall–Kier alpha value is -2.22. The number of carbonyl (C=O) groups excluding carboxylic acids is 1. The third kappa shape index (κ3) is 2.94. The standard InChI is InChI=1S/C13H17N5O2S/c1-5-20-12(19)11-7(2)10(15-8(11)3)6-14-18-9(4)16-17-13(18)21/h6,15H,5H2,1-4H3,(H,17,21)/b14-6+. The van der Waals surface area contributed by atoms with Crippen LogP contribution < -0.4 is 0 Å². The lowest BCUT2D eigenvalue weighted by molar-refractivity contribution is 0.0525. The number of carbonyl (C=O) groups is 1. The van der Waals surface area contributed by atoms with E-state index in [1.54, 1.807) is 20.1 Å². The number of H-pyrrole nitrogens is 2. The predicted molar refractivity (Wildman–Crippen MR) is 81.4 cm³/mol. The first-order chi connectivity index (χ1) is 9.95. The predicted octanol–water partition coefficient (Wildman–Crippen LogP) is 2.25. The number of hydrogen-bond donors (Lipinski definition) is 2. The number of aromatic nitrogens is 4. The Morgan fingerprint density at radius 2 is 2.19 bits per heavy atom. The van der Waals surface area contributed by atoms with Crippen molar-refractivity contribution >= 4 is 24.4 Å². The van der Waals surface area contributed by atoms with Crippen LogP contribution in [0.2, 0.25) is 0 Å². The molecule has 21 heavy (non-hydrogen) atoms. The largest absolute Gasteiger partial charge is 0.462 e. The third-order valence-electron chi connectivity index (χ3n) is 3.07. The van der Waals surface area contributed by atoms with Crippen molar-refractivity contribution in [3.8, 4) is 0 Å². The smallest absolute Gasteiger partial charge is 0.340 e. The first kappa shape index (κ1) is 15.2. The molecule has 2 rings (SSSR count). The number of nitrogens with one attached hydrogen (secondary N) is 2. The molecular formula is C13H17N5O2S. The van der Waals surface area contributed by atoms with Crippen molar-refractivity contribution in [1.82, 2.24) is 19.9 Å². The maximum atomic E-state index is 11.9. The van der Waals surface area contributed by atoms with Crippen molar-refractivity contribution in [1.29, 1.82) is 0 Å². The van der Waals surface area contributed by atoms with Crippen molar-refractivity contribution < 1.29 is 9.53 Å². The molecule has 7 nitrogen and oxygen atoms in total. The van der Waals surface area contributed by atoms with Gasteiger partial charge < -0.3 is 9.72 Å². The van der Waals surface area contributed by atoms with Gasteiger partial charge in [-0.1, -0.05) is 0 Å². The van der Waals surface area contributed by atoms with E-state index in [1.165, 1.54) is 4.68 Å². The highest BCUT2D eigenvalue weighted by molar-refractivity contribution is 7.71. The Morgan fingerprint density at radius 3 is 2.76 bits per heavy atom. The van der Waals surface area contributed by atoms with Gasteiger partial charge in [0.1, 0.15) is 5.82 Å². The van der Waals surface area contributed by atoms with E-state index in [2.05, 4.69) is 20.3 Å². The third-order valence-corrected chi connectivity index (χ3v) is 3.33. The molecule has 0 aliphatic carbocycles. The Kier molecular flexibility index (Phi) is 4.37. The molecule has 0 saturated carbocycles. The van der Waals surface area contributed by atoms with Gasteiger partial charge in [-0.3, -0.25) is 5.10 Å². The maximum Gasteiger partial charge on any atom is 0.340 e. The van der Waals surface area contributed by atoms with Gasteiger partial charge in [0.2, 0.25) is 4.77 Å². The summed E-state index contributed by atoms with van der Waals surface area (Å²) in [6.45, 7) is 7.58. The number of hydrogen-bond acceptors (Lipinski definition) is 5. The number of aromatic amines is 2. The minimum absolute atomic E-state index is 0.334. The zero-order valence-corrected chi connectivity index (χ0v) is 13.2. The van der Waals surface area contributed by atoms with Crippen molar-refractivity contribution in [2.75, 3.05) is 6.61 Å². The van der Waals surface area contributed by atoms with E-state index in [4.69, 9.17) is 17.0 Å². The van der Waals surface area contributed by atoms with Gasteiger partial charge in [-0.15, -0.1) is 0 Å². The molecule has 2 aromatic rings. The molecule has 8 heteroatoms. The topological polar surface area (TPSA) is 88.1 Å². The van der Waals surface area contributed by atoms with Crippen LogP contribution in [0.25, 0.3) is 0 Å². The number of nitrogens with zero attached hydrogens (tertiary/aromatic N) is 3. The van der Waals surface area contributed by atoms with Gasteiger partial charge in [0.25, 0.3) is 0 Å². The fourth-order valence-corrected chi connectivity index (χ4v) is 2.26. The summed E-state index contributed by atoms with van der Waals surface area (Å²) in [5.41, 5.74) is 2.83. The van der Waals surface area contributed by atoms with Crippen LogP contribution in [0, 0.1) is 25.5 Å². The van der Waals surface area contributed by atoms with Crippen molar-refractivity contribution in [2.45, 2.75) is 27.7 Å². The lowest BCUT2D eigenvalue weighted by Crippen LogP contribution is -2.06. The van der Waals surface area contributed by atoms with Crippen LogP contribution in [-0.2, 0) is 4.74 Å². The molecule has 112 valence electrons. The van der Waals surface area contributed by atoms with E-state index in [0.717, 1.165) is 17.0 Å². The van der Waals surface area contributed by atoms with Gasteiger partial charge in [-0.2, -0.15) is 14.9 Å². The molecule has 0 fully saturated rings. The molecule has 2 N–H and O–H groups in total. The first-order valence-electron chi connectivity index (χ1n) is 6.50. The molecule has 0 saturated heterocycles. The molecule has 2 heterocycles. The average Bonchev–Trinajstić information content (AvgIpc) is 2.88. The van der Waals surface area contributed by atoms with Crippen LogP contribution >= 0.6 is 12.2 Å². The first-order valence-corrected chi connectivity index (χ1v) is 6.91. The normalized spacial score (nSPS) is 11.2. The molecule has 0 aromatic carbocycles. The molecule has 0 bridgehead atoms. The van der Waals surface area contributed by atoms with Crippen LogP contribution in [0.5, 0.6) is 0 Å². The number of ether oxygens (including phenoxy) is 1. The Labute approximate surface area is 127 Å². The fraction of sp³-hybridized carbons (Fsp3) is 0.385. The van der Waals surface area contributed by atoms with Crippen LogP contribution in [0.15, 0.2) is 5.10 Å². The monoisotopic (exact) mass is 307 g/mol. The minimum atomic E-state index is -0.334. The summed E-state index contributed by atoms with van der Waals surface area (Å²) in [6, 6.07) is 0.